The summed E-state index contributed by atoms with van der Waals surface area (Å²) in [7, 11) is 0. The van der Waals surface area contributed by atoms with Crippen LogP contribution in [-0.2, 0) is 6.42 Å². The first-order chi connectivity index (χ1) is 14.1. The number of benzene rings is 2. The number of nitrogens with one attached hydrogen (secondary N) is 1. The fraction of sp³-hybridized carbons (Fsp3) is 0.435. The van der Waals surface area contributed by atoms with E-state index in [1.807, 2.05) is 45.9 Å². The first kappa shape index (κ1) is 22.4. The molecule has 0 aromatic heterocycles. The molecule has 6 nitrogen and oxygen atoms in total. The van der Waals surface area contributed by atoms with Crippen LogP contribution in [0.2, 0.25) is 0 Å². The first-order valence-corrected chi connectivity index (χ1v) is 10.2. The van der Waals surface area contributed by atoms with Gasteiger partial charge >= 0.3 is 0 Å². The molecule has 0 radical (unpaired) electrons. The molecule has 0 spiro atoms. The third kappa shape index (κ3) is 6.59. The Labute approximate surface area is 173 Å². The lowest BCUT2D eigenvalue weighted by Crippen LogP contribution is -2.25. The topological polar surface area (TPSA) is 66.0 Å². The smallest absolute Gasteiger partial charge is 0.251 e. The van der Waals surface area contributed by atoms with Crippen LogP contribution < -0.4 is 24.3 Å². The second-order valence-electron chi connectivity index (χ2n) is 6.18. The van der Waals surface area contributed by atoms with Gasteiger partial charge in [-0.25, -0.2) is 0 Å². The van der Waals surface area contributed by atoms with E-state index < -0.39 is 0 Å². The molecular formula is C23H31NO5. The van der Waals surface area contributed by atoms with E-state index in [9.17, 15) is 4.79 Å². The Hall–Kier alpha value is -2.89. The van der Waals surface area contributed by atoms with Crippen molar-refractivity contribution in [1.82, 2.24) is 5.32 Å². The number of hydrogen-bond donors (Lipinski definition) is 1. The number of hydrogen-bond acceptors (Lipinski definition) is 5. The van der Waals surface area contributed by atoms with Gasteiger partial charge in [0.1, 0.15) is 0 Å². The molecule has 2 rings (SSSR count). The maximum absolute atomic E-state index is 12.5. The first-order valence-electron chi connectivity index (χ1n) is 10.2. The summed E-state index contributed by atoms with van der Waals surface area (Å²) in [6, 6.07) is 11.1. The van der Waals surface area contributed by atoms with Crippen LogP contribution in [0, 0.1) is 0 Å². The van der Waals surface area contributed by atoms with Crippen LogP contribution in [0.15, 0.2) is 36.4 Å². The van der Waals surface area contributed by atoms with Crippen molar-refractivity contribution in [2.45, 2.75) is 34.1 Å². The Morgan fingerprint density at radius 3 is 1.83 bits per heavy atom. The van der Waals surface area contributed by atoms with Crippen molar-refractivity contribution in [3.05, 3.63) is 47.5 Å². The number of amides is 1. The third-order valence-electron chi connectivity index (χ3n) is 4.11. The van der Waals surface area contributed by atoms with Crippen LogP contribution in [0.5, 0.6) is 23.0 Å². The standard InChI is InChI=1S/C23H31NO5/c1-5-26-19-11-9-17(15-21(19)28-7-3)13-14-24-23(25)18-10-12-20(27-6-2)22(16-18)29-8-4/h9-12,15-16H,5-8,13-14H2,1-4H3,(H,24,25). The van der Waals surface area contributed by atoms with Crippen molar-refractivity contribution in [3.63, 3.8) is 0 Å². The van der Waals surface area contributed by atoms with Gasteiger partial charge in [-0.3, -0.25) is 4.79 Å². The average molecular weight is 402 g/mol. The Morgan fingerprint density at radius 2 is 1.24 bits per heavy atom. The molecule has 0 bridgehead atoms. The predicted octanol–water partition coefficient (Wildman–Crippen LogP) is 4.25. The van der Waals surface area contributed by atoms with E-state index in [2.05, 4.69) is 5.32 Å². The summed E-state index contributed by atoms with van der Waals surface area (Å²) in [5.74, 6) is 2.54. The van der Waals surface area contributed by atoms with E-state index in [0.717, 1.165) is 17.1 Å². The zero-order chi connectivity index (χ0) is 21.1. The second kappa shape index (κ2) is 11.8. The molecule has 0 aliphatic carbocycles. The van der Waals surface area contributed by atoms with Gasteiger partial charge in [0.05, 0.1) is 26.4 Å². The number of carbonyl (C=O) groups excluding carboxylic acids is 1. The summed E-state index contributed by atoms with van der Waals surface area (Å²) in [6.07, 6.45) is 0.688. The Balaban J connectivity index is 1.98. The van der Waals surface area contributed by atoms with Crippen LogP contribution in [-0.4, -0.2) is 38.9 Å². The maximum atomic E-state index is 12.5. The highest BCUT2D eigenvalue weighted by atomic mass is 16.5. The molecule has 0 heterocycles. The molecule has 158 valence electrons. The third-order valence-corrected chi connectivity index (χ3v) is 4.11. The Morgan fingerprint density at radius 1 is 0.724 bits per heavy atom. The minimum Gasteiger partial charge on any atom is -0.490 e. The van der Waals surface area contributed by atoms with Crippen molar-refractivity contribution >= 4 is 5.91 Å². The summed E-state index contributed by atoms with van der Waals surface area (Å²) in [5.41, 5.74) is 1.61. The molecule has 0 unspecified atom stereocenters. The van der Waals surface area contributed by atoms with Crippen molar-refractivity contribution in [2.75, 3.05) is 33.0 Å². The van der Waals surface area contributed by atoms with Crippen LogP contribution in [0.3, 0.4) is 0 Å². The van der Waals surface area contributed by atoms with E-state index in [1.165, 1.54) is 0 Å². The van der Waals surface area contributed by atoms with E-state index in [-0.39, 0.29) is 5.91 Å². The molecule has 2 aromatic carbocycles. The minimum absolute atomic E-state index is 0.148. The highest BCUT2D eigenvalue weighted by Gasteiger charge is 2.12. The van der Waals surface area contributed by atoms with Gasteiger partial charge in [-0.15, -0.1) is 0 Å². The van der Waals surface area contributed by atoms with Gasteiger partial charge in [0.2, 0.25) is 0 Å². The quantitative estimate of drug-likeness (QED) is 0.576. The normalized spacial score (nSPS) is 10.3. The molecule has 0 atom stereocenters. The average Bonchev–Trinajstić information content (AvgIpc) is 2.71. The second-order valence-corrected chi connectivity index (χ2v) is 6.18. The molecule has 0 aliphatic rings. The Kier molecular flexibility index (Phi) is 9.15. The van der Waals surface area contributed by atoms with E-state index >= 15 is 0 Å². The molecule has 0 saturated carbocycles. The zero-order valence-corrected chi connectivity index (χ0v) is 17.7. The van der Waals surface area contributed by atoms with Crippen molar-refractivity contribution in [3.8, 4) is 23.0 Å². The van der Waals surface area contributed by atoms with Crippen molar-refractivity contribution in [1.29, 1.82) is 0 Å². The van der Waals surface area contributed by atoms with Crippen LogP contribution in [0.25, 0.3) is 0 Å². The van der Waals surface area contributed by atoms with Crippen molar-refractivity contribution < 1.29 is 23.7 Å². The molecule has 1 amide bonds. The summed E-state index contributed by atoms with van der Waals surface area (Å²) >= 11 is 0. The predicted molar refractivity (Wildman–Crippen MR) is 114 cm³/mol. The molecule has 1 N–H and O–H groups in total. The number of carbonyl (C=O) groups is 1. The van der Waals surface area contributed by atoms with Gasteiger partial charge in [-0.2, -0.15) is 0 Å². The molecular weight excluding hydrogens is 370 g/mol. The molecule has 0 aliphatic heterocycles. The van der Waals surface area contributed by atoms with E-state index in [4.69, 9.17) is 18.9 Å². The fourth-order valence-electron chi connectivity index (χ4n) is 2.87. The molecule has 2 aromatic rings. The van der Waals surface area contributed by atoms with Gasteiger partial charge in [0.15, 0.2) is 23.0 Å². The molecule has 29 heavy (non-hydrogen) atoms. The van der Waals surface area contributed by atoms with Crippen LogP contribution in [0.4, 0.5) is 0 Å². The van der Waals surface area contributed by atoms with Gasteiger partial charge < -0.3 is 24.3 Å². The summed E-state index contributed by atoms with van der Waals surface area (Å²) in [5, 5.41) is 2.95. The largest absolute Gasteiger partial charge is 0.490 e. The van der Waals surface area contributed by atoms with Gasteiger partial charge in [-0.05, 0) is 70.0 Å². The summed E-state index contributed by atoms with van der Waals surface area (Å²) in [4.78, 5) is 12.5. The van der Waals surface area contributed by atoms with Gasteiger partial charge in [0.25, 0.3) is 5.91 Å². The highest BCUT2D eigenvalue weighted by Crippen LogP contribution is 2.29. The lowest BCUT2D eigenvalue weighted by Gasteiger charge is -2.13. The maximum Gasteiger partial charge on any atom is 0.251 e. The SMILES string of the molecule is CCOc1ccc(CCNC(=O)c2ccc(OCC)c(OCC)c2)cc1OCC. The lowest BCUT2D eigenvalue weighted by molar-refractivity contribution is 0.0953. The van der Waals surface area contributed by atoms with Crippen LogP contribution >= 0.6 is 0 Å². The van der Waals surface area contributed by atoms with E-state index in [1.54, 1.807) is 18.2 Å². The zero-order valence-electron chi connectivity index (χ0n) is 17.7. The molecule has 6 heteroatoms. The summed E-state index contributed by atoms with van der Waals surface area (Å²) < 4.78 is 22.4. The molecule has 0 fully saturated rings. The monoisotopic (exact) mass is 401 g/mol. The number of rotatable bonds is 12. The van der Waals surface area contributed by atoms with Gasteiger partial charge in [-0.1, -0.05) is 6.07 Å². The van der Waals surface area contributed by atoms with Crippen LogP contribution in [0.1, 0.15) is 43.6 Å². The van der Waals surface area contributed by atoms with Crippen molar-refractivity contribution in [2.24, 2.45) is 0 Å². The van der Waals surface area contributed by atoms with Gasteiger partial charge in [0, 0.05) is 12.1 Å². The Bertz CT molecular complexity index is 791. The lowest BCUT2D eigenvalue weighted by atomic mass is 10.1. The number of ether oxygens (including phenoxy) is 4. The fourth-order valence-corrected chi connectivity index (χ4v) is 2.87. The highest BCUT2D eigenvalue weighted by molar-refractivity contribution is 5.94. The summed E-state index contributed by atoms with van der Waals surface area (Å²) in [6.45, 7) is 10.4. The molecule has 0 saturated heterocycles. The minimum atomic E-state index is -0.148. The van der Waals surface area contributed by atoms with E-state index in [0.29, 0.717) is 56.5 Å².